The van der Waals surface area contributed by atoms with E-state index in [4.69, 9.17) is 24.2 Å². The average Bonchev–Trinajstić information content (AvgIpc) is 3.14. The minimum Gasteiger partial charge on any atom is -0.483 e. The fourth-order valence-electron chi connectivity index (χ4n) is 3.66. The Morgan fingerprint density at radius 1 is 0.919 bits per heavy atom. The van der Waals surface area contributed by atoms with Crippen LogP contribution in [0.4, 0.5) is 27.5 Å². The van der Waals surface area contributed by atoms with Crippen molar-refractivity contribution in [2.24, 2.45) is 0 Å². The summed E-state index contributed by atoms with van der Waals surface area (Å²) < 4.78 is 19.3. The van der Waals surface area contributed by atoms with Crippen LogP contribution in [0.1, 0.15) is 24.0 Å². The number of nitrogens with zero attached hydrogens (tertiary/aromatic N) is 2. The topological polar surface area (TPSA) is 188 Å². The standard InChI is InChI=1S/C22H18FN5O3.2CH2O2/c23-17-11-24-21(26-14-4-1-12-2-6-16(29)7-3-13(12)9-14)28-20(17)25-15-5-8-19-18(10-15)27-22(30)31-19;2*2-1-3/h1,4-5,8-11H,2-3,6-7H2,(H,27,30)(H2,24,25,26,28);2*1H,(H,2,3). The Labute approximate surface area is 208 Å². The molecular formula is C24H22FN5O7. The molecule has 5 N–H and O–H groups in total. The molecular weight excluding hydrogens is 489 g/mol. The molecule has 0 saturated carbocycles. The predicted molar refractivity (Wildman–Crippen MR) is 131 cm³/mol. The lowest BCUT2D eigenvalue weighted by atomic mass is 10.0. The SMILES string of the molecule is O=C1CCc2ccc(Nc3ncc(F)c(Nc4ccc5oc(=O)[nH]c5c4)n3)cc2CC1.O=CO.O=CO. The number of nitrogens with one attached hydrogen (secondary N) is 3. The number of aromatic amines is 1. The van der Waals surface area contributed by atoms with Crippen molar-refractivity contribution in [1.82, 2.24) is 15.0 Å². The Balaban J connectivity index is 0.000000580. The first-order valence-electron chi connectivity index (χ1n) is 10.9. The average molecular weight is 511 g/mol. The molecule has 0 saturated heterocycles. The fraction of sp³-hybridized carbons (Fsp3) is 0.167. The van der Waals surface area contributed by atoms with Crippen LogP contribution in [-0.2, 0) is 27.2 Å². The van der Waals surface area contributed by atoms with Gasteiger partial charge >= 0.3 is 5.76 Å². The van der Waals surface area contributed by atoms with Crippen LogP contribution < -0.4 is 16.4 Å². The Hall–Kier alpha value is -5.07. The number of hydrogen-bond donors (Lipinski definition) is 5. The van der Waals surface area contributed by atoms with Crippen LogP contribution in [0.3, 0.4) is 0 Å². The highest BCUT2D eigenvalue weighted by molar-refractivity contribution is 5.80. The molecule has 1 aliphatic carbocycles. The van der Waals surface area contributed by atoms with Gasteiger partial charge in [-0.25, -0.2) is 14.2 Å². The molecule has 0 spiro atoms. The van der Waals surface area contributed by atoms with Gasteiger partial charge in [-0.15, -0.1) is 0 Å². The van der Waals surface area contributed by atoms with Gasteiger partial charge in [0.25, 0.3) is 12.9 Å². The van der Waals surface area contributed by atoms with Gasteiger partial charge in [0, 0.05) is 24.2 Å². The maximum absolute atomic E-state index is 14.3. The number of H-pyrrole nitrogens is 1. The van der Waals surface area contributed by atoms with E-state index in [9.17, 15) is 14.0 Å². The molecule has 2 aromatic heterocycles. The van der Waals surface area contributed by atoms with Gasteiger partial charge in [-0.2, -0.15) is 4.98 Å². The summed E-state index contributed by atoms with van der Waals surface area (Å²) in [5, 5.41) is 19.8. The number of Topliss-reactive ketones (excluding diaryl/α,β-unsaturated/α-hetero) is 1. The quantitative estimate of drug-likeness (QED) is 0.200. The van der Waals surface area contributed by atoms with Crippen LogP contribution in [0.2, 0.25) is 0 Å². The third-order valence-corrected chi connectivity index (χ3v) is 5.23. The smallest absolute Gasteiger partial charge is 0.417 e. The summed E-state index contributed by atoms with van der Waals surface area (Å²) in [6.07, 6.45) is 3.66. The monoisotopic (exact) mass is 511 g/mol. The van der Waals surface area contributed by atoms with E-state index in [1.165, 1.54) is 5.56 Å². The summed E-state index contributed by atoms with van der Waals surface area (Å²) in [5.41, 5.74) is 4.49. The van der Waals surface area contributed by atoms with E-state index in [1.54, 1.807) is 18.2 Å². The lowest BCUT2D eigenvalue weighted by Gasteiger charge is -2.11. The van der Waals surface area contributed by atoms with E-state index in [0.717, 1.165) is 23.9 Å². The Kier molecular flexibility index (Phi) is 9.02. The van der Waals surface area contributed by atoms with E-state index in [2.05, 4.69) is 25.6 Å². The first kappa shape index (κ1) is 26.5. The third kappa shape index (κ3) is 7.21. The largest absolute Gasteiger partial charge is 0.483 e. The Bertz CT molecular complexity index is 1460. The summed E-state index contributed by atoms with van der Waals surface area (Å²) >= 11 is 0. The molecule has 4 aromatic rings. The van der Waals surface area contributed by atoms with Gasteiger partial charge in [-0.3, -0.25) is 19.4 Å². The zero-order chi connectivity index (χ0) is 26.8. The second-order valence-electron chi connectivity index (χ2n) is 7.60. The molecule has 0 atom stereocenters. The van der Waals surface area contributed by atoms with Gasteiger partial charge in [0.05, 0.1) is 11.7 Å². The van der Waals surface area contributed by atoms with Crippen LogP contribution in [-0.4, -0.2) is 43.9 Å². The number of benzene rings is 2. The number of carbonyl (C=O) groups excluding carboxylic acids is 1. The second-order valence-corrected chi connectivity index (χ2v) is 7.60. The van der Waals surface area contributed by atoms with Crippen molar-refractivity contribution >= 4 is 53.0 Å². The number of oxazole rings is 1. The molecule has 0 unspecified atom stereocenters. The number of aryl methyl sites for hydroxylation is 2. The molecule has 0 fully saturated rings. The maximum atomic E-state index is 14.3. The Morgan fingerprint density at radius 2 is 1.57 bits per heavy atom. The number of aromatic nitrogens is 3. The van der Waals surface area contributed by atoms with Crippen LogP contribution in [0.25, 0.3) is 11.1 Å². The van der Waals surface area contributed by atoms with Gasteiger partial charge in [0.1, 0.15) is 5.78 Å². The second kappa shape index (κ2) is 12.6. The highest BCUT2D eigenvalue weighted by Gasteiger charge is 2.14. The highest BCUT2D eigenvalue weighted by Crippen LogP contribution is 2.26. The number of halogens is 1. The molecule has 5 rings (SSSR count). The van der Waals surface area contributed by atoms with Crippen LogP contribution in [0.5, 0.6) is 0 Å². The van der Waals surface area contributed by atoms with Crippen molar-refractivity contribution in [2.45, 2.75) is 25.7 Å². The van der Waals surface area contributed by atoms with E-state index in [0.29, 0.717) is 36.0 Å². The molecule has 12 nitrogen and oxygen atoms in total. The van der Waals surface area contributed by atoms with Crippen molar-refractivity contribution in [3.8, 4) is 0 Å². The lowest BCUT2D eigenvalue weighted by Crippen LogP contribution is -2.04. The zero-order valence-electron chi connectivity index (χ0n) is 19.2. The fourth-order valence-corrected chi connectivity index (χ4v) is 3.66. The number of anilines is 4. The molecule has 192 valence electrons. The summed E-state index contributed by atoms with van der Waals surface area (Å²) in [6, 6.07) is 10.8. The Morgan fingerprint density at radius 3 is 2.30 bits per heavy atom. The van der Waals surface area contributed by atoms with Gasteiger partial charge in [-0.05, 0) is 54.3 Å². The molecule has 0 amide bonds. The molecule has 0 bridgehead atoms. The van der Waals surface area contributed by atoms with Gasteiger partial charge < -0.3 is 25.3 Å². The molecule has 0 radical (unpaired) electrons. The normalized spacial score (nSPS) is 12.1. The molecule has 2 heterocycles. The first-order valence-corrected chi connectivity index (χ1v) is 10.9. The molecule has 37 heavy (non-hydrogen) atoms. The minimum atomic E-state index is -0.619. The van der Waals surface area contributed by atoms with E-state index in [1.807, 2.05) is 18.2 Å². The van der Waals surface area contributed by atoms with Gasteiger partial charge in [0.15, 0.2) is 17.2 Å². The van der Waals surface area contributed by atoms with E-state index < -0.39 is 11.6 Å². The van der Waals surface area contributed by atoms with Crippen molar-refractivity contribution < 1.29 is 33.4 Å². The summed E-state index contributed by atoms with van der Waals surface area (Å²) in [6.45, 7) is -0.500. The highest BCUT2D eigenvalue weighted by atomic mass is 19.1. The minimum absolute atomic E-state index is 0.0111. The van der Waals surface area contributed by atoms with Gasteiger partial charge in [0.2, 0.25) is 5.95 Å². The van der Waals surface area contributed by atoms with Crippen LogP contribution >= 0.6 is 0 Å². The molecule has 0 aliphatic heterocycles. The van der Waals surface area contributed by atoms with Crippen molar-refractivity contribution in [2.75, 3.05) is 10.6 Å². The molecule has 1 aliphatic rings. The first-order chi connectivity index (χ1) is 17.9. The molecule has 2 aromatic carbocycles. The van der Waals surface area contributed by atoms with Crippen molar-refractivity contribution in [1.29, 1.82) is 0 Å². The van der Waals surface area contributed by atoms with Crippen LogP contribution in [0.15, 0.2) is 51.8 Å². The van der Waals surface area contributed by atoms with Crippen LogP contribution in [0, 0.1) is 5.82 Å². The number of hydrogen-bond acceptors (Lipinski definition) is 9. The number of carboxylic acid groups (broad SMARTS) is 2. The van der Waals surface area contributed by atoms with E-state index in [-0.39, 0.29) is 30.5 Å². The van der Waals surface area contributed by atoms with E-state index >= 15 is 0 Å². The lowest BCUT2D eigenvalue weighted by molar-refractivity contribution is -0.123. The number of rotatable bonds is 4. The number of fused-ring (bicyclic) bond motifs is 2. The summed E-state index contributed by atoms with van der Waals surface area (Å²) in [5.74, 6) is -0.681. The van der Waals surface area contributed by atoms with Gasteiger partial charge in [-0.1, -0.05) is 6.07 Å². The number of carbonyl (C=O) groups is 3. The van der Waals surface area contributed by atoms with Crippen molar-refractivity contribution in [3.05, 3.63) is 70.1 Å². The van der Waals surface area contributed by atoms with Crippen molar-refractivity contribution in [3.63, 3.8) is 0 Å². The number of ketones is 1. The summed E-state index contributed by atoms with van der Waals surface area (Å²) in [7, 11) is 0. The zero-order valence-corrected chi connectivity index (χ0v) is 19.2. The third-order valence-electron chi connectivity index (χ3n) is 5.23. The predicted octanol–water partition coefficient (Wildman–Crippen LogP) is 3.39. The maximum Gasteiger partial charge on any atom is 0.417 e. The summed E-state index contributed by atoms with van der Waals surface area (Å²) in [4.78, 5) is 50.6. The molecule has 13 heteroatoms.